The summed E-state index contributed by atoms with van der Waals surface area (Å²) in [5.41, 5.74) is 7.22. The third-order valence-electron chi connectivity index (χ3n) is 3.26. The number of nitrogens with zero attached hydrogens (tertiary/aromatic N) is 1. The number of nitrogens with one attached hydrogen (secondary N) is 1. The molecule has 0 bridgehead atoms. The molecule has 0 atom stereocenters. The van der Waals surface area contributed by atoms with Crippen molar-refractivity contribution in [1.82, 2.24) is 0 Å². The minimum absolute atomic E-state index is 0.0983. The Balaban J connectivity index is 2.14. The highest BCUT2D eigenvalue weighted by Crippen LogP contribution is 2.35. The molecule has 116 valence electrons. The summed E-state index contributed by atoms with van der Waals surface area (Å²) in [5.74, 6) is 0.533. The maximum Gasteiger partial charge on any atom is 0.172 e. The van der Waals surface area contributed by atoms with Gasteiger partial charge in [-0.15, -0.1) is 0 Å². The average molecular weight is 363 g/mol. The third kappa shape index (κ3) is 4.01. The molecule has 0 aliphatic carbocycles. The summed E-state index contributed by atoms with van der Waals surface area (Å²) in [6.07, 6.45) is 1.68. The summed E-state index contributed by atoms with van der Waals surface area (Å²) >= 11 is 3.31. The maximum absolute atomic E-state index is 9.88. The molecule has 0 fully saturated rings. The molecule has 22 heavy (non-hydrogen) atoms. The van der Waals surface area contributed by atoms with Crippen molar-refractivity contribution >= 4 is 27.8 Å². The van der Waals surface area contributed by atoms with Crippen LogP contribution in [0.15, 0.2) is 39.9 Å². The highest BCUT2D eigenvalue weighted by Gasteiger charge is 2.08. The fourth-order valence-electron chi connectivity index (χ4n) is 1.93. The van der Waals surface area contributed by atoms with Gasteiger partial charge in [-0.25, -0.2) is 0 Å². The molecular formula is C17H19BrN2O2. The molecule has 0 aliphatic heterocycles. The van der Waals surface area contributed by atoms with Gasteiger partial charge in [-0.1, -0.05) is 6.07 Å². The molecule has 0 aromatic heterocycles. The van der Waals surface area contributed by atoms with Gasteiger partial charge in [0.15, 0.2) is 11.5 Å². The van der Waals surface area contributed by atoms with Gasteiger partial charge in [0.1, 0.15) is 0 Å². The number of benzene rings is 2. The molecule has 0 radical (unpaired) electrons. The first-order valence-electron chi connectivity index (χ1n) is 7.03. The van der Waals surface area contributed by atoms with Crippen LogP contribution in [0.3, 0.4) is 0 Å². The zero-order valence-electron chi connectivity index (χ0n) is 12.9. The summed E-state index contributed by atoms with van der Waals surface area (Å²) in [6, 6.07) is 9.61. The average Bonchev–Trinajstić information content (AvgIpc) is 2.48. The smallest absolute Gasteiger partial charge is 0.172 e. The van der Waals surface area contributed by atoms with Gasteiger partial charge in [0.05, 0.1) is 23.0 Å². The second-order valence-corrected chi connectivity index (χ2v) is 5.81. The molecule has 0 aliphatic rings. The number of rotatable bonds is 5. The monoisotopic (exact) mass is 362 g/mol. The number of anilines is 1. The molecule has 2 rings (SSSR count). The van der Waals surface area contributed by atoms with Crippen molar-refractivity contribution < 1.29 is 9.84 Å². The fraction of sp³-hybridized carbons (Fsp3) is 0.235. The topological polar surface area (TPSA) is 53.8 Å². The molecule has 5 heteroatoms. The predicted molar refractivity (Wildman–Crippen MR) is 94.1 cm³/mol. The Bertz CT molecular complexity index is 699. The molecular weight excluding hydrogens is 344 g/mol. The third-order valence-corrected chi connectivity index (χ3v) is 3.87. The van der Waals surface area contributed by atoms with Crippen LogP contribution >= 0.6 is 15.9 Å². The standard InChI is InChI=1S/C17H19BrN2O2/c1-4-22-16-9-13(8-15(18)17(16)21)10-19-20-14-6-5-11(2)12(3)7-14/h5-10,20-21H,4H2,1-3H3/b19-10+. The molecule has 0 heterocycles. The fourth-order valence-corrected chi connectivity index (χ4v) is 2.39. The predicted octanol–water partition coefficient (Wildman–Crippen LogP) is 4.62. The Labute approximate surface area is 139 Å². The van der Waals surface area contributed by atoms with E-state index in [9.17, 15) is 5.11 Å². The van der Waals surface area contributed by atoms with Crippen LogP contribution in [0, 0.1) is 13.8 Å². The van der Waals surface area contributed by atoms with Gasteiger partial charge < -0.3 is 9.84 Å². The lowest BCUT2D eigenvalue weighted by atomic mass is 10.1. The summed E-state index contributed by atoms with van der Waals surface area (Å²) in [6.45, 7) is 6.50. The molecule has 4 nitrogen and oxygen atoms in total. The van der Waals surface area contributed by atoms with Crippen LogP contribution in [0.5, 0.6) is 11.5 Å². The Morgan fingerprint density at radius 3 is 2.68 bits per heavy atom. The van der Waals surface area contributed by atoms with E-state index in [4.69, 9.17) is 4.74 Å². The Kier molecular flexibility index (Phi) is 5.44. The van der Waals surface area contributed by atoms with Crippen molar-refractivity contribution in [2.45, 2.75) is 20.8 Å². The lowest BCUT2D eigenvalue weighted by molar-refractivity contribution is 0.317. The highest BCUT2D eigenvalue weighted by atomic mass is 79.9. The van der Waals surface area contributed by atoms with E-state index in [0.29, 0.717) is 16.8 Å². The largest absolute Gasteiger partial charge is 0.503 e. The normalized spacial score (nSPS) is 10.9. The molecule has 0 unspecified atom stereocenters. The SMILES string of the molecule is CCOc1cc(/C=N/Nc2ccc(C)c(C)c2)cc(Br)c1O. The number of hydrogen-bond acceptors (Lipinski definition) is 4. The van der Waals surface area contributed by atoms with Crippen LogP contribution in [0.1, 0.15) is 23.6 Å². The molecule has 2 N–H and O–H groups in total. The van der Waals surface area contributed by atoms with Crippen LogP contribution in [-0.2, 0) is 0 Å². The van der Waals surface area contributed by atoms with Gasteiger partial charge in [0.25, 0.3) is 0 Å². The summed E-state index contributed by atoms with van der Waals surface area (Å²) in [7, 11) is 0. The van der Waals surface area contributed by atoms with Gasteiger partial charge in [-0.3, -0.25) is 5.43 Å². The van der Waals surface area contributed by atoms with Gasteiger partial charge in [0, 0.05) is 0 Å². The van der Waals surface area contributed by atoms with Crippen LogP contribution in [0.4, 0.5) is 5.69 Å². The second kappa shape index (κ2) is 7.31. The highest BCUT2D eigenvalue weighted by molar-refractivity contribution is 9.10. The quantitative estimate of drug-likeness (QED) is 0.602. The maximum atomic E-state index is 9.88. The van der Waals surface area contributed by atoms with Crippen molar-refractivity contribution in [3.63, 3.8) is 0 Å². The van der Waals surface area contributed by atoms with E-state index in [0.717, 1.165) is 11.3 Å². The number of hydrogen-bond donors (Lipinski definition) is 2. The molecule has 0 saturated heterocycles. The van der Waals surface area contributed by atoms with Crippen LogP contribution in [0.25, 0.3) is 0 Å². The number of phenols is 1. The number of halogens is 1. The zero-order valence-corrected chi connectivity index (χ0v) is 14.4. The van der Waals surface area contributed by atoms with E-state index in [1.165, 1.54) is 11.1 Å². The van der Waals surface area contributed by atoms with Crippen molar-refractivity contribution in [1.29, 1.82) is 0 Å². The number of aromatic hydroxyl groups is 1. The van der Waals surface area contributed by atoms with E-state index in [1.54, 1.807) is 18.3 Å². The van der Waals surface area contributed by atoms with E-state index in [1.807, 2.05) is 19.1 Å². The Morgan fingerprint density at radius 1 is 1.23 bits per heavy atom. The van der Waals surface area contributed by atoms with Gasteiger partial charge >= 0.3 is 0 Å². The number of phenolic OH excluding ortho intramolecular Hbond substituents is 1. The number of ether oxygens (including phenoxy) is 1. The van der Waals surface area contributed by atoms with Crippen molar-refractivity contribution in [3.05, 3.63) is 51.5 Å². The van der Waals surface area contributed by atoms with Crippen molar-refractivity contribution in [2.24, 2.45) is 5.10 Å². The Hall–Kier alpha value is -2.01. The zero-order chi connectivity index (χ0) is 16.1. The minimum atomic E-state index is 0.0983. The molecule has 2 aromatic carbocycles. The number of hydrazone groups is 1. The Morgan fingerprint density at radius 2 is 2.00 bits per heavy atom. The lowest BCUT2D eigenvalue weighted by Gasteiger charge is -2.08. The molecule has 0 spiro atoms. The van der Waals surface area contributed by atoms with Crippen molar-refractivity contribution in [2.75, 3.05) is 12.0 Å². The van der Waals surface area contributed by atoms with E-state index in [2.05, 4.69) is 46.4 Å². The van der Waals surface area contributed by atoms with Gasteiger partial charge in [0.2, 0.25) is 0 Å². The summed E-state index contributed by atoms with van der Waals surface area (Å²) in [4.78, 5) is 0. The molecule has 0 amide bonds. The minimum Gasteiger partial charge on any atom is -0.503 e. The molecule has 0 saturated carbocycles. The number of aryl methyl sites for hydroxylation is 2. The van der Waals surface area contributed by atoms with Crippen molar-refractivity contribution in [3.8, 4) is 11.5 Å². The van der Waals surface area contributed by atoms with Gasteiger partial charge in [-0.05, 0) is 77.7 Å². The van der Waals surface area contributed by atoms with E-state index >= 15 is 0 Å². The van der Waals surface area contributed by atoms with Gasteiger partial charge in [-0.2, -0.15) is 5.10 Å². The first-order valence-corrected chi connectivity index (χ1v) is 7.82. The first kappa shape index (κ1) is 16.4. The van der Waals surface area contributed by atoms with Crippen LogP contribution in [-0.4, -0.2) is 17.9 Å². The first-order chi connectivity index (χ1) is 10.5. The second-order valence-electron chi connectivity index (χ2n) is 4.95. The lowest BCUT2D eigenvalue weighted by Crippen LogP contribution is -1.95. The van der Waals surface area contributed by atoms with Crippen LogP contribution < -0.4 is 10.2 Å². The van der Waals surface area contributed by atoms with E-state index in [-0.39, 0.29) is 5.75 Å². The summed E-state index contributed by atoms with van der Waals surface area (Å²) in [5, 5.41) is 14.1. The summed E-state index contributed by atoms with van der Waals surface area (Å²) < 4.78 is 5.96. The molecule has 2 aromatic rings. The van der Waals surface area contributed by atoms with E-state index < -0.39 is 0 Å². The van der Waals surface area contributed by atoms with Crippen LogP contribution in [0.2, 0.25) is 0 Å².